The molecule has 0 saturated heterocycles. The molecule has 2 aromatic carbocycles. The Balaban J connectivity index is 2.35. The molecule has 0 aliphatic carbocycles. The predicted molar refractivity (Wildman–Crippen MR) is 98.0 cm³/mol. The molecule has 0 fully saturated rings. The second-order valence-electron chi connectivity index (χ2n) is 6.58. The van der Waals surface area contributed by atoms with Crippen molar-refractivity contribution >= 4 is 17.6 Å². The van der Waals surface area contributed by atoms with Crippen LogP contribution >= 0.6 is 0 Å². The SMILES string of the molecule is COc1ccccc1/C(C#N)=C\c1cccc(OC(=O)C(C)(C)C)c1. The van der Waals surface area contributed by atoms with Gasteiger partial charge in [-0.1, -0.05) is 24.3 Å². The van der Waals surface area contributed by atoms with Gasteiger partial charge in [-0.3, -0.25) is 4.79 Å². The fourth-order valence-corrected chi connectivity index (χ4v) is 2.13. The van der Waals surface area contributed by atoms with E-state index in [1.165, 1.54) is 0 Å². The van der Waals surface area contributed by atoms with Crippen LogP contribution in [-0.2, 0) is 4.79 Å². The van der Waals surface area contributed by atoms with Crippen molar-refractivity contribution in [2.75, 3.05) is 7.11 Å². The zero-order chi connectivity index (χ0) is 18.4. The number of hydrogen-bond acceptors (Lipinski definition) is 4. The van der Waals surface area contributed by atoms with E-state index >= 15 is 0 Å². The van der Waals surface area contributed by atoms with Gasteiger partial charge in [-0.05, 0) is 56.7 Å². The van der Waals surface area contributed by atoms with Crippen molar-refractivity contribution in [1.82, 2.24) is 0 Å². The van der Waals surface area contributed by atoms with E-state index < -0.39 is 5.41 Å². The quantitative estimate of drug-likeness (QED) is 0.351. The number of ether oxygens (including phenoxy) is 2. The minimum absolute atomic E-state index is 0.307. The third-order valence-corrected chi connectivity index (χ3v) is 3.51. The molecule has 4 heteroatoms. The fourth-order valence-electron chi connectivity index (χ4n) is 2.13. The van der Waals surface area contributed by atoms with Gasteiger partial charge in [0.05, 0.1) is 24.2 Å². The van der Waals surface area contributed by atoms with Gasteiger partial charge in [0, 0.05) is 5.56 Å². The first-order chi connectivity index (χ1) is 11.8. The van der Waals surface area contributed by atoms with E-state index in [1.807, 2.05) is 30.3 Å². The molecule has 0 unspecified atom stereocenters. The molecule has 0 saturated carbocycles. The molecule has 0 spiro atoms. The lowest BCUT2D eigenvalue weighted by Gasteiger charge is -2.16. The zero-order valence-corrected chi connectivity index (χ0v) is 14.9. The molecule has 0 heterocycles. The Morgan fingerprint density at radius 2 is 1.84 bits per heavy atom. The molecule has 0 N–H and O–H groups in total. The highest BCUT2D eigenvalue weighted by atomic mass is 16.5. The molecule has 4 nitrogen and oxygen atoms in total. The summed E-state index contributed by atoms with van der Waals surface area (Å²) in [6.07, 6.45) is 1.74. The topological polar surface area (TPSA) is 59.3 Å². The molecule has 0 bridgehead atoms. The molecular weight excluding hydrogens is 314 g/mol. The van der Waals surface area contributed by atoms with Gasteiger partial charge >= 0.3 is 5.97 Å². The lowest BCUT2D eigenvalue weighted by Crippen LogP contribution is -2.25. The Labute approximate surface area is 148 Å². The summed E-state index contributed by atoms with van der Waals surface area (Å²) in [5.74, 6) is 0.774. The van der Waals surface area contributed by atoms with Crippen LogP contribution in [0.15, 0.2) is 48.5 Å². The number of nitrogens with zero attached hydrogens (tertiary/aromatic N) is 1. The van der Waals surface area contributed by atoms with Gasteiger partial charge in [-0.25, -0.2) is 0 Å². The number of nitriles is 1. The summed E-state index contributed by atoms with van der Waals surface area (Å²) >= 11 is 0. The van der Waals surface area contributed by atoms with Crippen LogP contribution < -0.4 is 9.47 Å². The van der Waals surface area contributed by atoms with Crippen molar-refractivity contribution in [3.05, 3.63) is 59.7 Å². The first kappa shape index (κ1) is 18.3. The number of carbonyl (C=O) groups excluding carboxylic acids is 1. The van der Waals surface area contributed by atoms with E-state index in [0.717, 1.165) is 5.56 Å². The molecule has 0 radical (unpaired) electrons. The number of esters is 1. The highest BCUT2D eigenvalue weighted by Crippen LogP contribution is 2.28. The summed E-state index contributed by atoms with van der Waals surface area (Å²) in [5.41, 5.74) is 1.36. The average molecular weight is 335 g/mol. The number of methoxy groups -OCH3 is 1. The van der Waals surface area contributed by atoms with E-state index in [2.05, 4.69) is 6.07 Å². The van der Waals surface area contributed by atoms with Crippen LogP contribution in [-0.4, -0.2) is 13.1 Å². The molecule has 0 aromatic heterocycles. The first-order valence-corrected chi connectivity index (χ1v) is 7.92. The van der Waals surface area contributed by atoms with Gasteiger partial charge in [-0.2, -0.15) is 5.26 Å². The minimum atomic E-state index is -0.582. The number of para-hydroxylation sites is 1. The average Bonchev–Trinajstić information content (AvgIpc) is 2.59. The van der Waals surface area contributed by atoms with Crippen LogP contribution in [0.3, 0.4) is 0 Å². The summed E-state index contributed by atoms with van der Waals surface area (Å²) in [6.45, 7) is 5.40. The van der Waals surface area contributed by atoms with Gasteiger partial charge in [0.25, 0.3) is 0 Å². The molecule has 2 rings (SSSR count). The van der Waals surface area contributed by atoms with E-state index in [4.69, 9.17) is 9.47 Å². The summed E-state index contributed by atoms with van der Waals surface area (Å²) < 4.78 is 10.7. The Hall–Kier alpha value is -3.06. The van der Waals surface area contributed by atoms with Crippen LogP contribution in [0.2, 0.25) is 0 Å². The zero-order valence-electron chi connectivity index (χ0n) is 14.9. The number of allylic oxidation sites excluding steroid dienone is 1. The Bertz CT molecular complexity index is 839. The van der Waals surface area contributed by atoms with E-state index in [9.17, 15) is 10.1 Å². The lowest BCUT2D eigenvalue weighted by molar-refractivity contribution is -0.142. The van der Waals surface area contributed by atoms with Crippen molar-refractivity contribution < 1.29 is 14.3 Å². The normalized spacial score (nSPS) is 11.6. The van der Waals surface area contributed by atoms with Crippen molar-refractivity contribution in [2.24, 2.45) is 5.41 Å². The second-order valence-corrected chi connectivity index (χ2v) is 6.58. The molecule has 0 atom stereocenters. The van der Waals surface area contributed by atoms with Gasteiger partial charge < -0.3 is 9.47 Å². The van der Waals surface area contributed by atoms with Crippen LogP contribution in [0.25, 0.3) is 11.6 Å². The molecule has 0 aliphatic heterocycles. The Kier molecular flexibility index (Phi) is 5.61. The van der Waals surface area contributed by atoms with Gasteiger partial charge in [0.2, 0.25) is 0 Å². The predicted octanol–water partition coefficient (Wildman–Crippen LogP) is 4.71. The Morgan fingerprint density at radius 3 is 2.48 bits per heavy atom. The molecule has 0 amide bonds. The largest absolute Gasteiger partial charge is 0.496 e. The Morgan fingerprint density at radius 1 is 1.12 bits per heavy atom. The maximum absolute atomic E-state index is 12.0. The maximum atomic E-state index is 12.0. The third kappa shape index (κ3) is 4.71. The highest BCUT2D eigenvalue weighted by molar-refractivity contribution is 5.91. The smallest absolute Gasteiger partial charge is 0.316 e. The van der Waals surface area contributed by atoms with E-state index in [1.54, 1.807) is 52.2 Å². The molecule has 25 heavy (non-hydrogen) atoms. The summed E-state index contributed by atoms with van der Waals surface area (Å²) in [4.78, 5) is 12.0. The molecule has 2 aromatic rings. The number of benzene rings is 2. The standard InChI is InChI=1S/C21H21NO3/c1-21(2,3)20(23)25-17-9-7-8-15(13-17)12-16(14-22)18-10-5-6-11-19(18)24-4/h5-13H,1-4H3/b16-12-. The summed E-state index contributed by atoms with van der Waals surface area (Å²) in [6, 6.07) is 16.6. The second kappa shape index (κ2) is 7.67. The minimum Gasteiger partial charge on any atom is -0.496 e. The molecule has 0 aliphatic rings. The van der Waals surface area contributed by atoms with E-state index in [0.29, 0.717) is 22.6 Å². The number of carbonyl (C=O) groups is 1. The molecule has 128 valence electrons. The van der Waals surface area contributed by atoms with Crippen molar-refractivity contribution in [3.63, 3.8) is 0 Å². The van der Waals surface area contributed by atoms with Crippen LogP contribution in [0.4, 0.5) is 0 Å². The maximum Gasteiger partial charge on any atom is 0.316 e. The molecular formula is C21H21NO3. The summed E-state index contributed by atoms with van der Waals surface area (Å²) in [7, 11) is 1.57. The van der Waals surface area contributed by atoms with Gasteiger partial charge in [0.15, 0.2) is 0 Å². The van der Waals surface area contributed by atoms with Crippen molar-refractivity contribution in [1.29, 1.82) is 5.26 Å². The van der Waals surface area contributed by atoms with Crippen LogP contribution in [0.5, 0.6) is 11.5 Å². The van der Waals surface area contributed by atoms with Crippen molar-refractivity contribution in [2.45, 2.75) is 20.8 Å². The third-order valence-electron chi connectivity index (χ3n) is 3.51. The monoisotopic (exact) mass is 335 g/mol. The van der Waals surface area contributed by atoms with Gasteiger partial charge in [-0.15, -0.1) is 0 Å². The summed E-state index contributed by atoms with van der Waals surface area (Å²) in [5, 5.41) is 9.52. The number of hydrogen-bond donors (Lipinski definition) is 0. The fraction of sp³-hybridized carbons (Fsp3) is 0.238. The van der Waals surface area contributed by atoms with Crippen molar-refractivity contribution in [3.8, 4) is 17.6 Å². The highest BCUT2D eigenvalue weighted by Gasteiger charge is 2.23. The van der Waals surface area contributed by atoms with Crippen LogP contribution in [0, 0.1) is 16.7 Å². The first-order valence-electron chi connectivity index (χ1n) is 7.92. The van der Waals surface area contributed by atoms with E-state index in [-0.39, 0.29) is 5.97 Å². The number of rotatable bonds is 4. The lowest BCUT2D eigenvalue weighted by atomic mass is 9.97. The van der Waals surface area contributed by atoms with Gasteiger partial charge in [0.1, 0.15) is 11.5 Å². The van der Waals surface area contributed by atoms with Crippen LogP contribution in [0.1, 0.15) is 31.9 Å².